The molecule has 5 heterocycles. The summed E-state index contributed by atoms with van der Waals surface area (Å²) in [4.78, 5) is 44.0. The number of rotatable bonds is 19. The zero-order chi connectivity index (χ0) is 56.2. The number of nitrogens with zero attached hydrogens (tertiary/aromatic N) is 12. The number of hydrogen-bond donors (Lipinski definition) is 7. The maximum Gasteiger partial charge on any atom is 0.144 e. The molecular weight excluding hydrogens is 1050 g/mol. The summed E-state index contributed by atoms with van der Waals surface area (Å²) in [5.41, 5.74) is 24.9. The maximum atomic E-state index is 13.4. The lowest BCUT2D eigenvalue weighted by Gasteiger charge is -2.19. The number of allylic oxidation sites excluding steroid dienone is 1. The van der Waals surface area contributed by atoms with E-state index in [2.05, 4.69) is 82.6 Å². The first-order valence-electron chi connectivity index (χ1n) is 24.8. The van der Waals surface area contributed by atoms with Gasteiger partial charge in [0.1, 0.15) is 91.6 Å². The molecule has 10 rings (SSSR count). The number of amidine groups is 1. The molecule has 1 aliphatic heterocycles. The van der Waals surface area contributed by atoms with E-state index in [1.807, 2.05) is 97.6 Å². The quantitative estimate of drug-likeness (QED) is 0.0295. The predicted octanol–water partition coefficient (Wildman–Crippen LogP) is 8.43. The number of ether oxygens (including phenoxy) is 1. The zero-order valence-electron chi connectivity index (χ0n) is 43.9. The van der Waals surface area contributed by atoms with Gasteiger partial charge in [0.2, 0.25) is 0 Å². The van der Waals surface area contributed by atoms with Crippen LogP contribution in [0.1, 0.15) is 41.7 Å². The van der Waals surface area contributed by atoms with Crippen LogP contribution < -0.4 is 43.2 Å². The van der Waals surface area contributed by atoms with Crippen LogP contribution in [-0.4, -0.2) is 104 Å². The van der Waals surface area contributed by atoms with E-state index in [-0.39, 0.29) is 17.9 Å². The van der Waals surface area contributed by atoms with Crippen LogP contribution >= 0.6 is 11.6 Å². The molecule has 4 aromatic heterocycles. The van der Waals surface area contributed by atoms with Crippen LogP contribution in [0, 0.1) is 5.82 Å². The molecule has 2 aliphatic rings. The minimum Gasteiger partial charge on any atom is -0.497 e. The van der Waals surface area contributed by atoms with Crippen molar-refractivity contribution in [2.45, 2.75) is 38.9 Å². The standard InChI is InChI=1S/C22H23N7O2.C21H22FN7O.C12H12ClN5O/c1-3-31-27-12-19-21(23)24-14-25-22(19)28-17-7-8-20-16(10-17)11-26-29(20)13-15-5-4-6-18(9-15)30-2;1-2-30-26-11-16-20(23)24-12-25-21(16)27-15-6-7-17-18(10-15)29-19(28-17)9-13-4-3-5-14(22)8-13;1-19-17-6-10-11(14)15-7-16-12(10)18-9-4-2-3-8(13)5-9/h4-12,14H,3,13H2,1-2H3,(H3,23,24,25,28);3-8,10-12,17-18H,2,9H2,1H3,(H,28,29)(H3,23,24,25,27);2-7H,1H3,(H3,14,15,16,18)/b27-12+;26-11+;17-6+. The fourth-order valence-corrected chi connectivity index (χ4v) is 8.09. The Morgan fingerprint density at radius 2 is 1.31 bits per heavy atom. The SMILES string of the molecule is CCO/N=C/c1c(N)ncnc1NC1=CC2NC(Cc3cccc(F)c3)=NC2C=C1.CCO/N=C/c1c(N)ncnc1Nc1ccc2c(cnn2Cc2cccc(OC)c2)c1.CO/N=C/c1c(N)ncnc1Nc1cccc(Cl)c1. The molecule has 80 heavy (non-hydrogen) atoms. The number of halogens is 2. The Bertz CT molecular complexity index is 3590. The third kappa shape index (κ3) is 15.2. The number of aliphatic imine (C=N–C) groups is 1. The van der Waals surface area contributed by atoms with Gasteiger partial charge in [0, 0.05) is 33.9 Å². The molecule has 0 spiro atoms. The number of oxime groups is 3. The number of fused-ring (bicyclic) bond motifs is 2. The van der Waals surface area contributed by atoms with E-state index < -0.39 is 0 Å². The second-order valence-electron chi connectivity index (χ2n) is 17.1. The van der Waals surface area contributed by atoms with Crippen LogP contribution in [0.2, 0.25) is 5.02 Å². The lowest BCUT2D eigenvalue weighted by atomic mass is 10.0. The van der Waals surface area contributed by atoms with Crippen molar-refractivity contribution >= 4 is 93.3 Å². The summed E-state index contributed by atoms with van der Waals surface area (Å²) in [6, 6.07) is 27.7. The Hall–Kier alpha value is -10.2. The highest BCUT2D eigenvalue weighted by Gasteiger charge is 2.28. The normalized spacial score (nSPS) is 14.3. The summed E-state index contributed by atoms with van der Waals surface area (Å²) in [6.07, 6.45) is 17.0. The molecule has 0 amide bonds. The molecule has 25 heteroatoms. The lowest BCUT2D eigenvalue weighted by Crippen LogP contribution is -2.35. The number of nitrogens with one attached hydrogen (secondary N) is 4. The fourth-order valence-electron chi connectivity index (χ4n) is 7.90. The van der Waals surface area contributed by atoms with Crippen LogP contribution in [0.3, 0.4) is 0 Å². The highest BCUT2D eigenvalue weighted by molar-refractivity contribution is 6.30. The second kappa shape index (κ2) is 27.7. The van der Waals surface area contributed by atoms with Crippen LogP contribution in [0.15, 0.2) is 161 Å². The van der Waals surface area contributed by atoms with Crippen molar-refractivity contribution in [2.24, 2.45) is 20.5 Å². The number of anilines is 8. The molecule has 2 atom stereocenters. The summed E-state index contributed by atoms with van der Waals surface area (Å²) in [7, 11) is 3.11. The first kappa shape index (κ1) is 56.0. The molecule has 0 radical (unpaired) electrons. The molecule has 0 saturated heterocycles. The van der Waals surface area contributed by atoms with Crippen LogP contribution in [-0.2, 0) is 27.5 Å². The zero-order valence-corrected chi connectivity index (χ0v) is 44.7. The minimum absolute atomic E-state index is 0.000727. The summed E-state index contributed by atoms with van der Waals surface area (Å²) < 4.78 is 20.7. The highest BCUT2D eigenvalue weighted by atomic mass is 35.5. The Labute approximate surface area is 464 Å². The van der Waals surface area contributed by atoms with E-state index in [0.717, 1.165) is 50.7 Å². The molecular formula is C55H57ClFN19O4. The Kier molecular flexibility index (Phi) is 19.4. The molecule has 10 N–H and O–H groups in total. The van der Waals surface area contributed by atoms with Crippen molar-refractivity contribution in [1.82, 2.24) is 45.0 Å². The molecule has 0 bridgehead atoms. The van der Waals surface area contributed by atoms with Gasteiger partial charge in [-0.05, 0) is 97.8 Å². The number of methoxy groups -OCH3 is 1. The molecule has 0 saturated carbocycles. The Morgan fingerprint density at radius 3 is 1.94 bits per heavy atom. The number of nitrogens with two attached hydrogens (primary N) is 3. The Morgan fingerprint density at radius 1 is 0.700 bits per heavy atom. The summed E-state index contributed by atoms with van der Waals surface area (Å²) >= 11 is 5.92. The summed E-state index contributed by atoms with van der Waals surface area (Å²) in [5.74, 6) is 3.92. The maximum absolute atomic E-state index is 13.4. The van der Waals surface area contributed by atoms with E-state index in [0.29, 0.717) is 82.8 Å². The molecule has 8 aromatic rings. The van der Waals surface area contributed by atoms with Crippen LogP contribution in [0.5, 0.6) is 5.75 Å². The molecule has 2 unspecified atom stereocenters. The van der Waals surface area contributed by atoms with E-state index in [4.69, 9.17) is 48.2 Å². The van der Waals surface area contributed by atoms with Crippen molar-refractivity contribution in [3.05, 3.63) is 179 Å². The Balaban J connectivity index is 0.000000163. The van der Waals surface area contributed by atoms with Gasteiger partial charge >= 0.3 is 0 Å². The largest absolute Gasteiger partial charge is 0.497 e. The van der Waals surface area contributed by atoms with Gasteiger partial charge in [-0.3, -0.25) is 9.67 Å². The smallest absolute Gasteiger partial charge is 0.144 e. The average Bonchev–Trinajstić information content (AvgIpc) is 4.05. The van der Waals surface area contributed by atoms with Crippen molar-refractivity contribution in [1.29, 1.82) is 0 Å². The van der Waals surface area contributed by atoms with E-state index in [1.54, 1.807) is 25.3 Å². The van der Waals surface area contributed by atoms with Gasteiger partial charge in [-0.25, -0.2) is 34.3 Å². The number of aromatic nitrogens is 8. The lowest BCUT2D eigenvalue weighted by molar-refractivity contribution is 0.160. The van der Waals surface area contributed by atoms with Gasteiger partial charge < -0.3 is 57.7 Å². The monoisotopic (exact) mass is 1100 g/mol. The van der Waals surface area contributed by atoms with Gasteiger partial charge in [-0.2, -0.15) is 5.10 Å². The van der Waals surface area contributed by atoms with Crippen molar-refractivity contribution < 1.29 is 23.6 Å². The molecule has 23 nitrogen and oxygen atoms in total. The van der Waals surface area contributed by atoms with Crippen molar-refractivity contribution in [2.75, 3.05) is 60.6 Å². The number of nitrogen functional groups attached to an aromatic ring is 3. The third-order valence-corrected chi connectivity index (χ3v) is 11.9. The summed E-state index contributed by atoms with van der Waals surface area (Å²) in [5, 5.41) is 30.6. The third-order valence-electron chi connectivity index (χ3n) is 11.6. The van der Waals surface area contributed by atoms with Crippen LogP contribution in [0.4, 0.5) is 50.7 Å². The van der Waals surface area contributed by atoms with Gasteiger partial charge in [-0.15, -0.1) is 0 Å². The van der Waals surface area contributed by atoms with E-state index >= 15 is 0 Å². The van der Waals surface area contributed by atoms with Gasteiger partial charge in [0.25, 0.3) is 0 Å². The first-order chi connectivity index (χ1) is 39.0. The van der Waals surface area contributed by atoms with Gasteiger partial charge in [0.15, 0.2) is 0 Å². The second-order valence-corrected chi connectivity index (χ2v) is 17.6. The fraction of sp³-hybridized carbons (Fsp3) is 0.182. The highest BCUT2D eigenvalue weighted by Crippen LogP contribution is 2.27. The van der Waals surface area contributed by atoms with Gasteiger partial charge in [-0.1, -0.05) is 63.5 Å². The first-order valence-corrected chi connectivity index (χ1v) is 25.2. The molecule has 410 valence electrons. The topological polar surface area (TPSA) is 308 Å². The minimum atomic E-state index is -0.248. The molecule has 0 fully saturated rings. The van der Waals surface area contributed by atoms with Crippen LogP contribution in [0.25, 0.3) is 10.9 Å². The van der Waals surface area contributed by atoms with Gasteiger partial charge in [0.05, 0.1) is 72.8 Å². The number of hydrogen-bond acceptors (Lipinski definition) is 22. The molecule has 1 aliphatic carbocycles. The average molecular weight is 1100 g/mol. The molecule has 4 aromatic carbocycles. The summed E-state index contributed by atoms with van der Waals surface area (Å²) in [6.45, 7) is 5.25. The van der Waals surface area contributed by atoms with E-state index in [9.17, 15) is 4.39 Å². The predicted molar refractivity (Wildman–Crippen MR) is 311 cm³/mol. The number of benzene rings is 4. The van der Waals surface area contributed by atoms with Crippen molar-refractivity contribution in [3.63, 3.8) is 0 Å². The van der Waals surface area contributed by atoms with E-state index in [1.165, 1.54) is 56.9 Å². The van der Waals surface area contributed by atoms with Crippen molar-refractivity contribution in [3.8, 4) is 5.75 Å².